The highest BCUT2D eigenvalue weighted by molar-refractivity contribution is 6.14. The Morgan fingerprint density at radius 3 is 2.47 bits per heavy atom. The quantitative estimate of drug-likeness (QED) is 0.756. The molecule has 0 aromatic heterocycles. The second-order valence-corrected chi connectivity index (χ2v) is 4.58. The van der Waals surface area contributed by atoms with E-state index in [1.165, 1.54) is 0 Å². The van der Waals surface area contributed by atoms with Gasteiger partial charge in [0.25, 0.3) is 0 Å². The van der Waals surface area contributed by atoms with Crippen molar-refractivity contribution in [3.63, 3.8) is 0 Å². The molecule has 2 aromatic rings. The number of benzene rings is 2. The summed E-state index contributed by atoms with van der Waals surface area (Å²) in [6.45, 7) is 1.89. The SMILES string of the molecule is CC1=Nc2ccccc2N(c2ccccc2)C(=O)C1. The zero-order chi connectivity index (χ0) is 13.2. The minimum atomic E-state index is 0.0531. The van der Waals surface area contributed by atoms with Gasteiger partial charge >= 0.3 is 0 Å². The summed E-state index contributed by atoms with van der Waals surface area (Å²) in [5, 5.41) is 0. The van der Waals surface area contributed by atoms with Gasteiger partial charge in [0.15, 0.2) is 0 Å². The molecule has 3 heteroatoms. The molecule has 1 heterocycles. The molecule has 1 aliphatic heterocycles. The van der Waals surface area contributed by atoms with Crippen molar-refractivity contribution in [2.24, 2.45) is 4.99 Å². The Bertz CT molecular complexity index is 647. The van der Waals surface area contributed by atoms with Gasteiger partial charge in [-0.15, -0.1) is 0 Å². The van der Waals surface area contributed by atoms with E-state index in [4.69, 9.17) is 0 Å². The van der Waals surface area contributed by atoms with Crippen LogP contribution in [-0.2, 0) is 4.79 Å². The van der Waals surface area contributed by atoms with Gasteiger partial charge < -0.3 is 0 Å². The number of rotatable bonds is 1. The number of amides is 1. The van der Waals surface area contributed by atoms with Crippen LogP contribution < -0.4 is 4.90 Å². The van der Waals surface area contributed by atoms with Gasteiger partial charge in [-0.2, -0.15) is 0 Å². The van der Waals surface area contributed by atoms with E-state index in [-0.39, 0.29) is 5.91 Å². The van der Waals surface area contributed by atoms with Gasteiger partial charge in [0.1, 0.15) is 0 Å². The minimum Gasteiger partial charge on any atom is -0.279 e. The summed E-state index contributed by atoms with van der Waals surface area (Å²) in [5.41, 5.74) is 3.41. The molecule has 1 aliphatic rings. The topological polar surface area (TPSA) is 32.7 Å². The lowest BCUT2D eigenvalue weighted by Crippen LogP contribution is -2.26. The van der Waals surface area contributed by atoms with E-state index in [1.54, 1.807) is 4.90 Å². The van der Waals surface area contributed by atoms with Crippen molar-refractivity contribution in [3.05, 3.63) is 54.6 Å². The van der Waals surface area contributed by atoms with Gasteiger partial charge in [0.05, 0.1) is 17.8 Å². The molecule has 0 radical (unpaired) electrons. The monoisotopic (exact) mass is 250 g/mol. The summed E-state index contributed by atoms with van der Waals surface area (Å²) < 4.78 is 0. The maximum atomic E-state index is 12.4. The van der Waals surface area contributed by atoms with Crippen LogP contribution in [0.3, 0.4) is 0 Å². The van der Waals surface area contributed by atoms with Crippen molar-refractivity contribution in [2.45, 2.75) is 13.3 Å². The van der Waals surface area contributed by atoms with E-state index >= 15 is 0 Å². The van der Waals surface area contributed by atoms with Gasteiger partial charge in [0, 0.05) is 11.4 Å². The highest BCUT2D eigenvalue weighted by atomic mass is 16.2. The molecule has 3 rings (SSSR count). The Labute approximate surface area is 112 Å². The van der Waals surface area contributed by atoms with E-state index in [1.807, 2.05) is 61.5 Å². The molecule has 0 N–H and O–H groups in total. The molecule has 3 nitrogen and oxygen atoms in total. The molecule has 0 saturated heterocycles. The Balaban J connectivity index is 2.18. The molecule has 0 spiro atoms. The summed E-state index contributed by atoms with van der Waals surface area (Å²) in [6, 6.07) is 17.4. The molecule has 0 bridgehead atoms. The lowest BCUT2D eigenvalue weighted by Gasteiger charge is -2.22. The standard InChI is InChI=1S/C16H14N2O/c1-12-11-16(19)18(13-7-3-2-4-8-13)15-10-6-5-9-14(15)17-12/h2-10H,11H2,1H3. The number of aliphatic imine (C=N–C) groups is 1. The lowest BCUT2D eigenvalue weighted by atomic mass is 10.2. The van der Waals surface area contributed by atoms with E-state index in [9.17, 15) is 4.79 Å². The first-order valence-electron chi connectivity index (χ1n) is 6.27. The van der Waals surface area contributed by atoms with Crippen molar-refractivity contribution >= 4 is 28.7 Å². The molecule has 0 unspecified atom stereocenters. The number of anilines is 2. The first-order valence-corrected chi connectivity index (χ1v) is 6.27. The average molecular weight is 250 g/mol. The van der Waals surface area contributed by atoms with E-state index < -0.39 is 0 Å². The maximum Gasteiger partial charge on any atom is 0.237 e. The predicted octanol–water partition coefficient (Wildman–Crippen LogP) is 3.85. The smallest absolute Gasteiger partial charge is 0.237 e. The molecule has 0 fully saturated rings. The molecule has 19 heavy (non-hydrogen) atoms. The van der Waals surface area contributed by atoms with Crippen molar-refractivity contribution in [2.75, 3.05) is 4.90 Å². The minimum absolute atomic E-state index is 0.0531. The summed E-state index contributed by atoms with van der Waals surface area (Å²) in [5.74, 6) is 0.0531. The van der Waals surface area contributed by atoms with Crippen LogP contribution in [0.25, 0.3) is 0 Å². The number of nitrogens with zero attached hydrogens (tertiary/aromatic N) is 2. The highest BCUT2D eigenvalue weighted by Gasteiger charge is 2.23. The van der Waals surface area contributed by atoms with E-state index in [0.29, 0.717) is 6.42 Å². The van der Waals surface area contributed by atoms with Gasteiger partial charge in [-0.25, -0.2) is 0 Å². The molecule has 0 aliphatic carbocycles. The summed E-state index contributed by atoms with van der Waals surface area (Å²) in [7, 11) is 0. The van der Waals surface area contributed by atoms with Gasteiger partial charge in [0.2, 0.25) is 5.91 Å². The summed E-state index contributed by atoms with van der Waals surface area (Å²) in [6.07, 6.45) is 0.351. The Morgan fingerprint density at radius 2 is 1.68 bits per heavy atom. The number of hydrogen-bond donors (Lipinski definition) is 0. The Kier molecular flexibility index (Phi) is 2.88. The third-order valence-corrected chi connectivity index (χ3v) is 3.10. The third-order valence-electron chi connectivity index (χ3n) is 3.10. The number of fused-ring (bicyclic) bond motifs is 1. The highest BCUT2D eigenvalue weighted by Crippen LogP contribution is 2.36. The lowest BCUT2D eigenvalue weighted by molar-refractivity contribution is -0.116. The van der Waals surface area contributed by atoms with Crippen LogP contribution in [0.15, 0.2) is 59.6 Å². The number of para-hydroxylation sites is 3. The molecular weight excluding hydrogens is 236 g/mol. The zero-order valence-electron chi connectivity index (χ0n) is 10.7. The first kappa shape index (κ1) is 11.7. The maximum absolute atomic E-state index is 12.4. The fraction of sp³-hybridized carbons (Fsp3) is 0.125. The van der Waals surface area contributed by atoms with Crippen LogP contribution in [0.4, 0.5) is 17.1 Å². The van der Waals surface area contributed by atoms with Crippen LogP contribution in [0.5, 0.6) is 0 Å². The normalized spacial score (nSPS) is 14.7. The molecule has 2 aromatic carbocycles. The fourth-order valence-electron chi connectivity index (χ4n) is 2.29. The van der Waals surface area contributed by atoms with Crippen LogP contribution in [0, 0.1) is 0 Å². The van der Waals surface area contributed by atoms with Crippen molar-refractivity contribution in [3.8, 4) is 0 Å². The van der Waals surface area contributed by atoms with Crippen LogP contribution in [0.2, 0.25) is 0 Å². The molecule has 1 amide bonds. The molecular formula is C16H14N2O. The van der Waals surface area contributed by atoms with Crippen molar-refractivity contribution in [1.29, 1.82) is 0 Å². The first-order chi connectivity index (χ1) is 9.25. The van der Waals surface area contributed by atoms with Gasteiger partial charge in [-0.3, -0.25) is 14.7 Å². The summed E-state index contributed by atoms with van der Waals surface area (Å²) in [4.78, 5) is 18.7. The van der Waals surface area contributed by atoms with Crippen LogP contribution >= 0.6 is 0 Å². The molecule has 0 atom stereocenters. The second-order valence-electron chi connectivity index (χ2n) is 4.58. The van der Waals surface area contributed by atoms with Crippen LogP contribution in [0.1, 0.15) is 13.3 Å². The van der Waals surface area contributed by atoms with Crippen LogP contribution in [-0.4, -0.2) is 11.6 Å². The van der Waals surface area contributed by atoms with Crippen molar-refractivity contribution < 1.29 is 4.79 Å². The van der Waals surface area contributed by atoms with Gasteiger partial charge in [-0.1, -0.05) is 30.3 Å². The number of carbonyl (C=O) groups is 1. The Hall–Kier alpha value is -2.42. The predicted molar refractivity (Wildman–Crippen MR) is 77.4 cm³/mol. The third kappa shape index (κ3) is 2.15. The number of hydrogen-bond acceptors (Lipinski definition) is 2. The van der Waals surface area contributed by atoms with E-state index in [2.05, 4.69) is 4.99 Å². The van der Waals surface area contributed by atoms with E-state index in [0.717, 1.165) is 22.8 Å². The second kappa shape index (κ2) is 4.69. The average Bonchev–Trinajstić information content (AvgIpc) is 2.54. The van der Waals surface area contributed by atoms with Gasteiger partial charge in [-0.05, 0) is 31.2 Å². The zero-order valence-corrected chi connectivity index (χ0v) is 10.7. The Morgan fingerprint density at radius 1 is 1.00 bits per heavy atom. The fourth-order valence-corrected chi connectivity index (χ4v) is 2.29. The summed E-state index contributed by atoms with van der Waals surface area (Å²) >= 11 is 0. The molecule has 94 valence electrons. The molecule has 0 saturated carbocycles. The van der Waals surface area contributed by atoms with Crippen molar-refractivity contribution in [1.82, 2.24) is 0 Å². The number of carbonyl (C=O) groups excluding carboxylic acids is 1. The largest absolute Gasteiger partial charge is 0.279 e.